The molecule has 1 fully saturated rings. The summed E-state index contributed by atoms with van der Waals surface area (Å²) in [5.41, 5.74) is 1.25. The number of nitrogens with zero attached hydrogens (tertiary/aromatic N) is 2. The van der Waals surface area contributed by atoms with Crippen molar-refractivity contribution in [2.24, 2.45) is 0 Å². The molecular formula is C22H26F3N3O2. The summed E-state index contributed by atoms with van der Waals surface area (Å²) in [6, 6.07) is 8.74. The van der Waals surface area contributed by atoms with Crippen LogP contribution in [0.1, 0.15) is 32.6 Å². The first-order chi connectivity index (χ1) is 14.2. The number of piperazine rings is 1. The number of hydrogen-bond acceptors (Lipinski definition) is 4. The average Bonchev–Trinajstić information content (AvgIpc) is 2.70. The highest BCUT2D eigenvalue weighted by molar-refractivity contribution is 6.04. The van der Waals surface area contributed by atoms with Crippen molar-refractivity contribution in [2.75, 3.05) is 38.5 Å². The quantitative estimate of drug-likeness (QED) is 0.776. The smallest absolute Gasteiger partial charge is 0.392 e. The molecule has 1 heterocycles. The van der Waals surface area contributed by atoms with E-state index in [1.807, 2.05) is 18.9 Å². The number of benzene rings is 2. The van der Waals surface area contributed by atoms with E-state index in [1.165, 1.54) is 12.1 Å². The van der Waals surface area contributed by atoms with Crippen molar-refractivity contribution in [3.63, 3.8) is 0 Å². The molecule has 2 aromatic rings. The lowest BCUT2D eigenvalue weighted by atomic mass is 10.0. The van der Waals surface area contributed by atoms with Crippen molar-refractivity contribution in [2.45, 2.75) is 26.3 Å². The summed E-state index contributed by atoms with van der Waals surface area (Å²) in [7, 11) is 1.99. The van der Waals surface area contributed by atoms with Crippen LogP contribution < -0.4 is 5.32 Å². The predicted molar refractivity (Wildman–Crippen MR) is 109 cm³/mol. The fraction of sp³-hybridized carbons (Fsp3) is 0.409. The molecule has 8 heteroatoms. The van der Waals surface area contributed by atoms with Crippen LogP contribution in [0.25, 0.3) is 0 Å². The van der Waals surface area contributed by atoms with Crippen LogP contribution in [0.4, 0.5) is 18.9 Å². The van der Waals surface area contributed by atoms with Crippen LogP contribution in [-0.4, -0.2) is 54.0 Å². The van der Waals surface area contributed by atoms with Gasteiger partial charge in [0.1, 0.15) is 0 Å². The summed E-state index contributed by atoms with van der Waals surface area (Å²) < 4.78 is 41.1. The highest BCUT2D eigenvalue weighted by Crippen LogP contribution is 2.33. The molecule has 5 nitrogen and oxygen atoms in total. The summed E-state index contributed by atoms with van der Waals surface area (Å²) in [4.78, 5) is 16.7. The van der Waals surface area contributed by atoms with Crippen LogP contribution >= 0.6 is 0 Å². The molecule has 1 amide bonds. The fourth-order valence-electron chi connectivity index (χ4n) is 3.49. The number of anilines is 1. The van der Waals surface area contributed by atoms with Crippen molar-refractivity contribution in [3.8, 4) is 0 Å². The van der Waals surface area contributed by atoms with E-state index in [-0.39, 0.29) is 24.3 Å². The molecular weight excluding hydrogens is 395 g/mol. The van der Waals surface area contributed by atoms with Gasteiger partial charge in [0.25, 0.3) is 5.91 Å². The topological polar surface area (TPSA) is 55.8 Å². The lowest BCUT2D eigenvalue weighted by molar-refractivity contribution is -0.138. The van der Waals surface area contributed by atoms with Gasteiger partial charge in [-0.1, -0.05) is 12.1 Å². The Morgan fingerprint density at radius 3 is 2.40 bits per heavy atom. The highest BCUT2D eigenvalue weighted by Gasteiger charge is 2.34. The Balaban J connectivity index is 1.81. The van der Waals surface area contributed by atoms with Crippen molar-refractivity contribution < 1.29 is 23.1 Å². The maximum Gasteiger partial charge on any atom is 0.416 e. The van der Waals surface area contributed by atoms with Gasteiger partial charge < -0.3 is 15.3 Å². The van der Waals surface area contributed by atoms with Crippen molar-refractivity contribution in [1.82, 2.24) is 9.80 Å². The van der Waals surface area contributed by atoms with Gasteiger partial charge in [-0.15, -0.1) is 0 Å². The molecule has 0 bridgehead atoms. The van der Waals surface area contributed by atoms with E-state index in [0.29, 0.717) is 24.3 Å². The molecule has 0 aliphatic carbocycles. The zero-order valence-corrected chi connectivity index (χ0v) is 17.1. The minimum absolute atomic E-state index is 0.0597. The van der Waals surface area contributed by atoms with Gasteiger partial charge >= 0.3 is 6.18 Å². The highest BCUT2D eigenvalue weighted by atomic mass is 19.4. The van der Waals surface area contributed by atoms with Crippen LogP contribution in [0, 0.1) is 6.92 Å². The van der Waals surface area contributed by atoms with Crippen LogP contribution in [0.15, 0.2) is 36.4 Å². The Hall–Kier alpha value is -2.42. The first-order valence-electron chi connectivity index (χ1n) is 9.80. The maximum absolute atomic E-state index is 13.7. The first kappa shape index (κ1) is 22.3. The molecule has 0 aromatic heterocycles. The molecule has 30 heavy (non-hydrogen) atoms. The minimum Gasteiger partial charge on any atom is -0.392 e. The number of rotatable bonds is 5. The molecule has 0 atom stereocenters. The maximum atomic E-state index is 13.7. The van der Waals surface area contributed by atoms with E-state index >= 15 is 0 Å². The average molecular weight is 421 g/mol. The summed E-state index contributed by atoms with van der Waals surface area (Å²) in [6.07, 6.45) is -4.55. The zero-order chi connectivity index (χ0) is 21.9. The van der Waals surface area contributed by atoms with Crippen molar-refractivity contribution >= 4 is 11.6 Å². The second-order valence-corrected chi connectivity index (χ2v) is 7.70. The number of aryl methyl sites for hydroxylation is 1. The normalized spacial score (nSPS) is 15.9. The summed E-state index contributed by atoms with van der Waals surface area (Å²) in [5, 5.41) is 12.0. The molecule has 3 rings (SSSR count). The number of hydrogen-bond donors (Lipinski definition) is 2. The molecule has 1 aliphatic rings. The second kappa shape index (κ2) is 9.16. The van der Waals surface area contributed by atoms with Crippen LogP contribution in [0.5, 0.6) is 0 Å². The standard InChI is InChI=1S/C22H26F3N3O2/c1-15-3-6-19(11-18(15)14-29)26-21(30)16-4-5-17(20(12-16)22(23,24)25)13-28-9-7-27(2)8-10-28/h3-6,11-12,29H,7-10,13-14H2,1-2H3,(H,26,30). The largest absolute Gasteiger partial charge is 0.416 e. The van der Waals surface area contributed by atoms with E-state index < -0.39 is 17.6 Å². The number of carbonyl (C=O) groups is 1. The molecule has 1 aliphatic heterocycles. The fourth-order valence-corrected chi connectivity index (χ4v) is 3.49. The predicted octanol–water partition coefficient (Wildman–Crippen LogP) is 3.51. The van der Waals surface area contributed by atoms with E-state index in [0.717, 1.165) is 24.7 Å². The van der Waals surface area contributed by atoms with E-state index in [4.69, 9.17) is 0 Å². The summed E-state index contributed by atoms with van der Waals surface area (Å²) >= 11 is 0. The van der Waals surface area contributed by atoms with Gasteiger partial charge in [0.05, 0.1) is 12.2 Å². The zero-order valence-electron chi connectivity index (χ0n) is 17.1. The number of halogens is 3. The lowest BCUT2D eigenvalue weighted by Crippen LogP contribution is -2.44. The van der Waals surface area contributed by atoms with Crippen LogP contribution in [-0.2, 0) is 19.3 Å². The second-order valence-electron chi connectivity index (χ2n) is 7.70. The third kappa shape index (κ3) is 5.38. The summed E-state index contributed by atoms with van der Waals surface area (Å²) in [6.45, 7) is 4.87. The summed E-state index contributed by atoms with van der Waals surface area (Å²) in [5.74, 6) is -0.626. The van der Waals surface area contributed by atoms with Crippen LogP contribution in [0.3, 0.4) is 0 Å². The number of alkyl halides is 3. The molecule has 162 valence electrons. The number of aliphatic hydroxyl groups is 1. The Morgan fingerprint density at radius 1 is 1.07 bits per heavy atom. The Labute approximate surface area is 174 Å². The van der Waals surface area contributed by atoms with Gasteiger partial charge in [-0.3, -0.25) is 9.69 Å². The molecule has 0 spiro atoms. The Bertz CT molecular complexity index is 907. The number of aliphatic hydroxyl groups excluding tert-OH is 1. The minimum atomic E-state index is -4.55. The number of carbonyl (C=O) groups excluding carboxylic acids is 1. The third-order valence-corrected chi connectivity index (χ3v) is 5.44. The molecule has 0 unspecified atom stereocenters. The lowest BCUT2D eigenvalue weighted by Gasteiger charge is -2.33. The van der Waals surface area contributed by atoms with Gasteiger partial charge in [0.2, 0.25) is 0 Å². The van der Waals surface area contributed by atoms with Gasteiger partial charge in [-0.2, -0.15) is 13.2 Å². The van der Waals surface area contributed by atoms with Gasteiger partial charge in [-0.25, -0.2) is 0 Å². The Morgan fingerprint density at radius 2 is 1.77 bits per heavy atom. The first-order valence-corrected chi connectivity index (χ1v) is 9.80. The van der Waals surface area contributed by atoms with E-state index in [1.54, 1.807) is 18.2 Å². The van der Waals surface area contributed by atoms with Gasteiger partial charge in [0, 0.05) is 44.0 Å². The van der Waals surface area contributed by atoms with E-state index in [2.05, 4.69) is 10.2 Å². The van der Waals surface area contributed by atoms with Crippen molar-refractivity contribution in [1.29, 1.82) is 0 Å². The molecule has 2 N–H and O–H groups in total. The van der Waals surface area contributed by atoms with Crippen molar-refractivity contribution in [3.05, 3.63) is 64.2 Å². The number of likely N-dealkylation sites (N-methyl/N-ethyl adjacent to an activating group) is 1. The Kier molecular flexibility index (Phi) is 6.80. The molecule has 0 radical (unpaired) electrons. The van der Waals surface area contributed by atoms with E-state index in [9.17, 15) is 23.1 Å². The SMILES string of the molecule is Cc1ccc(NC(=O)c2ccc(CN3CCN(C)CC3)c(C(F)(F)F)c2)cc1CO. The number of amides is 1. The van der Waals surface area contributed by atoms with Gasteiger partial charge in [-0.05, 0) is 54.9 Å². The van der Waals surface area contributed by atoms with Crippen LogP contribution in [0.2, 0.25) is 0 Å². The molecule has 1 saturated heterocycles. The van der Waals surface area contributed by atoms with Gasteiger partial charge in [0.15, 0.2) is 0 Å². The molecule has 0 saturated carbocycles. The molecule has 2 aromatic carbocycles. The third-order valence-electron chi connectivity index (χ3n) is 5.44. The number of nitrogens with one attached hydrogen (secondary N) is 1. The monoisotopic (exact) mass is 421 g/mol.